The van der Waals surface area contributed by atoms with Crippen LogP contribution in [0.2, 0.25) is 0 Å². The Bertz CT molecular complexity index is 1260. The quantitative estimate of drug-likeness (QED) is 0.454. The standard InChI is InChI=1S/C31H33N3O3/c1-24-7-6-10-28(21-24)23-34(30(36)16-13-26-8-4-3-5-9-26)29-14-11-27(12-15-29)22-31(37)33-19-17-32(18-20-33)25(2)35/h3-16,21H,17-20,22-23H2,1-2H3/b16-13+. The van der Waals surface area contributed by atoms with Crippen molar-refractivity contribution in [2.45, 2.75) is 26.8 Å². The van der Waals surface area contributed by atoms with Gasteiger partial charge in [-0.15, -0.1) is 0 Å². The SMILES string of the molecule is CC(=O)N1CCN(C(=O)Cc2ccc(N(Cc3cccc(C)c3)C(=O)/C=C/c3ccccc3)cc2)CC1. The monoisotopic (exact) mass is 495 g/mol. The molecule has 3 aromatic carbocycles. The van der Waals surface area contributed by atoms with E-state index in [1.807, 2.05) is 90.7 Å². The fraction of sp³-hybridized carbons (Fsp3) is 0.258. The number of hydrogen-bond donors (Lipinski definition) is 0. The van der Waals surface area contributed by atoms with Crippen LogP contribution >= 0.6 is 0 Å². The summed E-state index contributed by atoms with van der Waals surface area (Å²) in [5, 5.41) is 0. The molecule has 0 spiro atoms. The number of nitrogens with zero attached hydrogens (tertiary/aromatic N) is 3. The number of carbonyl (C=O) groups is 3. The molecule has 0 aliphatic carbocycles. The molecule has 3 amide bonds. The van der Waals surface area contributed by atoms with E-state index < -0.39 is 0 Å². The highest BCUT2D eigenvalue weighted by atomic mass is 16.2. The fourth-order valence-corrected chi connectivity index (χ4v) is 4.46. The van der Waals surface area contributed by atoms with Gasteiger partial charge in [0.1, 0.15) is 0 Å². The van der Waals surface area contributed by atoms with E-state index in [1.165, 1.54) is 0 Å². The second-order valence-corrected chi connectivity index (χ2v) is 9.39. The Morgan fingerprint density at radius 3 is 2.14 bits per heavy atom. The zero-order chi connectivity index (χ0) is 26.2. The summed E-state index contributed by atoms with van der Waals surface area (Å²) in [6.07, 6.45) is 3.72. The Kier molecular flexibility index (Phi) is 8.52. The minimum absolute atomic E-state index is 0.0473. The molecule has 1 heterocycles. The Labute approximate surface area is 218 Å². The normalized spacial score (nSPS) is 13.6. The molecule has 6 heteroatoms. The molecule has 190 valence electrons. The number of rotatable bonds is 7. The van der Waals surface area contributed by atoms with Crippen LogP contribution in [0.1, 0.15) is 29.2 Å². The average Bonchev–Trinajstić information content (AvgIpc) is 2.91. The zero-order valence-corrected chi connectivity index (χ0v) is 21.5. The lowest BCUT2D eigenvalue weighted by molar-refractivity contribution is -0.138. The number of aryl methyl sites for hydroxylation is 1. The first-order chi connectivity index (χ1) is 17.9. The smallest absolute Gasteiger partial charge is 0.251 e. The molecule has 0 aromatic heterocycles. The molecule has 1 aliphatic rings. The van der Waals surface area contributed by atoms with Crippen LogP contribution in [0.25, 0.3) is 6.08 Å². The maximum absolute atomic E-state index is 13.3. The Morgan fingerprint density at radius 1 is 0.811 bits per heavy atom. The van der Waals surface area contributed by atoms with Crippen LogP contribution in [0.15, 0.2) is 84.9 Å². The van der Waals surface area contributed by atoms with Crippen molar-refractivity contribution in [3.8, 4) is 0 Å². The molecule has 1 saturated heterocycles. The van der Waals surface area contributed by atoms with Crippen molar-refractivity contribution >= 4 is 29.5 Å². The first kappa shape index (κ1) is 25.9. The van der Waals surface area contributed by atoms with Gasteiger partial charge in [0.15, 0.2) is 0 Å². The van der Waals surface area contributed by atoms with Gasteiger partial charge in [-0.05, 0) is 41.8 Å². The summed E-state index contributed by atoms with van der Waals surface area (Å²) in [5.41, 5.74) is 4.82. The van der Waals surface area contributed by atoms with E-state index in [2.05, 4.69) is 6.07 Å². The summed E-state index contributed by atoms with van der Waals surface area (Å²) in [6.45, 7) is 6.31. The molecule has 0 saturated carbocycles. The van der Waals surface area contributed by atoms with Crippen molar-refractivity contribution in [3.63, 3.8) is 0 Å². The second kappa shape index (κ2) is 12.2. The fourth-order valence-electron chi connectivity index (χ4n) is 4.46. The summed E-state index contributed by atoms with van der Waals surface area (Å²) < 4.78 is 0. The number of piperazine rings is 1. The largest absolute Gasteiger partial charge is 0.339 e. The first-order valence-corrected chi connectivity index (χ1v) is 12.6. The maximum Gasteiger partial charge on any atom is 0.251 e. The highest BCUT2D eigenvalue weighted by molar-refractivity contribution is 6.03. The summed E-state index contributed by atoms with van der Waals surface area (Å²) >= 11 is 0. The lowest BCUT2D eigenvalue weighted by Crippen LogP contribution is -2.50. The predicted octanol–water partition coefficient (Wildman–Crippen LogP) is 4.47. The van der Waals surface area contributed by atoms with E-state index in [9.17, 15) is 14.4 Å². The number of carbonyl (C=O) groups excluding carboxylic acids is 3. The highest BCUT2D eigenvalue weighted by Gasteiger charge is 2.22. The van der Waals surface area contributed by atoms with E-state index in [4.69, 9.17) is 0 Å². The highest BCUT2D eigenvalue weighted by Crippen LogP contribution is 2.21. The Hall–Kier alpha value is -4.19. The van der Waals surface area contributed by atoms with Gasteiger partial charge in [-0.3, -0.25) is 14.4 Å². The van der Waals surface area contributed by atoms with Gasteiger partial charge in [-0.2, -0.15) is 0 Å². The first-order valence-electron chi connectivity index (χ1n) is 12.6. The summed E-state index contributed by atoms with van der Waals surface area (Å²) in [5.74, 6) is -0.0157. The van der Waals surface area contributed by atoms with Gasteiger partial charge in [-0.1, -0.05) is 72.3 Å². The van der Waals surface area contributed by atoms with Gasteiger partial charge in [-0.25, -0.2) is 0 Å². The van der Waals surface area contributed by atoms with Crippen LogP contribution in [0.4, 0.5) is 5.69 Å². The molecule has 0 atom stereocenters. The molecule has 4 rings (SSSR count). The van der Waals surface area contributed by atoms with E-state index in [-0.39, 0.29) is 17.7 Å². The van der Waals surface area contributed by atoms with Crippen LogP contribution in [0.5, 0.6) is 0 Å². The van der Waals surface area contributed by atoms with Crippen molar-refractivity contribution < 1.29 is 14.4 Å². The third-order valence-electron chi connectivity index (χ3n) is 6.59. The van der Waals surface area contributed by atoms with Crippen molar-refractivity contribution in [2.24, 2.45) is 0 Å². The third-order valence-corrected chi connectivity index (χ3v) is 6.59. The van der Waals surface area contributed by atoms with Crippen LogP contribution in [-0.2, 0) is 27.3 Å². The van der Waals surface area contributed by atoms with E-state index >= 15 is 0 Å². The molecule has 0 radical (unpaired) electrons. The molecule has 0 unspecified atom stereocenters. The van der Waals surface area contributed by atoms with Crippen LogP contribution < -0.4 is 4.90 Å². The number of hydrogen-bond acceptors (Lipinski definition) is 3. The van der Waals surface area contributed by atoms with Crippen molar-refractivity contribution in [1.82, 2.24) is 9.80 Å². The molecule has 1 aliphatic heterocycles. The molecular formula is C31H33N3O3. The second-order valence-electron chi connectivity index (χ2n) is 9.39. The predicted molar refractivity (Wildman–Crippen MR) is 147 cm³/mol. The lowest BCUT2D eigenvalue weighted by Gasteiger charge is -2.34. The van der Waals surface area contributed by atoms with Crippen molar-refractivity contribution in [2.75, 3.05) is 31.1 Å². The Morgan fingerprint density at radius 2 is 1.49 bits per heavy atom. The summed E-state index contributed by atoms with van der Waals surface area (Å²) in [6, 6.07) is 25.5. The molecular weight excluding hydrogens is 462 g/mol. The van der Waals surface area contributed by atoms with Gasteiger partial charge in [0.25, 0.3) is 5.91 Å². The molecule has 6 nitrogen and oxygen atoms in total. The molecule has 0 bridgehead atoms. The van der Waals surface area contributed by atoms with Crippen molar-refractivity contribution in [3.05, 3.63) is 107 Å². The summed E-state index contributed by atoms with van der Waals surface area (Å²) in [4.78, 5) is 43.0. The molecule has 37 heavy (non-hydrogen) atoms. The molecule has 0 N–H and O–H groups in total. The minimum atomic E-state index is -0.113. The minimum Gasteiger partial charge on any atom is -0.339 e. The number of amides is 3. The van der Waals surface area contributed by atoms with E-state index in [0.717, 1.165) is 27.9 Å². The topological polar surface area (TPSA) is 60.9 Å². The lowest BCUT2D eigenvalue weighted by atomic mass is 10.1. The number of benzene rings is 3. The van der Waals surface area contributed by atoms with Crippen LogP contribution in [-0.4, -0.2) is 53.7 Å². The molecule has 3 aromatic rings. The van der Waals surface area contributed by atoms with Gasteiger partial charge >= 0.3 is 0 Å². The molecule has 1 fully saturated rings. The van der Waals surface area contributed by atoms with Gasteiger partial charge in [0.05, 0.1) is 13.0 Å². The Balaban J connectivity index is 1.47. The van der Waals surface area contributed by atoms with Gasteiger partial charge in [0.2, 0.25) is 11.8 Å². The van der Waals surface area contributed by atoms with Gasteiger partial charge < -0.3 is 14.7 Å². The maximum atomic E-state index is 13.3. The van der Waals surface area contributed by atoms with Crippen LogP contribution in [0, 0.1) is 6.92 Å². The third kappa shape index (κ3) is 7.17. The van der Waals surface area contributed by atoms with Crippen LogP contribution in [0.3, 0.4) is 0 Å². The zero-order valence-electron chi connectivity index (χ0n) is 21.5. The van der Waals surface area contributed by atoms with E-state index in [1.54, 1.807) is 22.8 Å². The van der Waals surface area contributed by atoms with Gasteiger partial charge in [0, 0.05) is 44.9 Å². The average molecular weight is 496 g/mol. The van der Waals surface area contributed by atoms with Crippen molar-refractivity contribution in [1.29, 1.82) is 0 Å². The summed E-state index contributed by atoms with van der Waals surface area (Å²) in [7, 11) is 0. The van der Waals surface area contributed by atoms with E-state index in [0.29, 0.717) is 39.1 Å². The number of anilines is 1.